The number of ether oxygens (including phenoxy) is 1. The van der Waals surface area contributed by atoms with E-state index in [4.69, 9.17) is 4.74 Å². The SMILES string of the molecule is COc1ccc(CCNCC2CCC(C)C2)cc1. The lowest BCUT2D eigenvalue weighted by Crippen LogP contribution is -2.23. The van der Waals surface area contributed by atoms with Gasteiger partial charge >= 0.3 is 0 Å². The van der Waals surface area contributed by atoms with Gasteiger partial charge in [-0.1, -0.05) is 25.5 Å². The summed E-state index contributed by atoms with van der Waals surface area (Å²) in [6.45, 7) is 4.65. The van der Waals surface area contributed by atoms with Crippen LogP contribution in [-0.4, -0.2) is 20.2 Å². The van der Waals surface area contributed by atoms with Gasteiger partial charge in [0.15, 0.2) is 0 Å². The van der Waals surface area contributed by atoms with E-state index in [-0.39, 0.29) is 0 Å². The van der Waals surface area contributed by atoms with Gasteiger partial charge in [0.1, 0.15) is 5.75 Å². The summed E-state index contributed by atoms with van der Waals surface area (Å²) in [7, 11) is 1.71. The first-order valence-corrected chi connectivity index (χ1v) is 7.11. The molecule has 2 heteroatoms. The van der Waals surface area contributed by atoms with E-state index in [1.54, 1.807) is 7.11 Å². The number of methoxy groups -OCH3 is 1. The topological polar surface area (TPSA) is 21.3 Å². The maximum absolute atomic E-state index is 5.16. The van der Waals surface area contributed by atoms with Crippen molar-refractivity contribution in [1.29, 1.82) is 0 Å². The van der Waals surface area contributed by atoms with Crippen molar-refractivity contribution in [2.45, 2.75) is 32.6 Å². The van der Waals surface area contributed by atoms with Gasteiger partial charge in [-0.15, -0.1) is 0 Å². The molecule has 18 heavy (non-hydrogen) atoms. The summed E-state index contributed by atoms with van der Waals surface area (Å²) < 4.78 is 5.16. The molecule has 1 aromatic rings. The number of hydrogen-bond donors (Lipinski definition) is 1. The molecule has 1 fully saturated rings. The molecule has 0 heterocycles. The molecular weight excluding hydrogens is 222 g/mol. The predicted molar refractivity (Wildman–Crippen MR) is 76.1 cm³/mol. The molecule has 0 saturated heterocycles. The molecule has 2 unspecified atom stereocenters. The van der Waals surface area contributed by atoms with Gasteiger partial charge in [-0.3, -0.25) is 0 Å². The van der Waals surface area contributed by atoms with Gasteiger partial charge in [0.2, 0.25) is 0 Å². The van der Waals surface area contributed by atoms with Crippen molar-refractivity contribution >= 4 is 0 Å². The molecule has 1 N–H and O–H groups in total. The molecule has 0 aliphatic heterocycles. The highest BCUT2D eigenvalue weighted by molar-refractivity contribution is 5.27. The Morgan fingerprint density at radius 1 is 1.22 bits per heavy atom. The highest BCUT2D eigenvalue weighted by Gasteiger charge is 2.20. The molecule has 2 nitrogen and oxygen atoms in total. The lowest BCUT2D eigenvalue weighted by molar-refractivity contribution is 0.414. The van der Waals surface area contributed by atoms with Crippen molar-refractivity contribution in [1.82, 2.24) is 5.32 Å². The monoisotopic (exact) mass is 247 g/mol. The van der Waals surface area contributed by atoms with E-state index >= 15 is 0 Å². The van der Waals surface area contributed by atoms with Crippen LogP contribution in [0.15, 0.2) is 24.3 Å². The van der Waals surface area contributed by atoms with Gasteiger partial charge in [-0.05, 0) is 61.9 Å². The first-order chi connectivity index (χ1) is 8.78. The van der Waals surface area contributed by atoms with E-state index in [2.05, 4.69) is 24.4 Å². The summed E-state index contributed by atoms with van der Waals surface area (Å²) in [5.41, 5.74) is 1.38. The standard InChI is InChI=1S/C16H25NO/c1-13-3-4-15(11-13)12-17-10-9-14-5-7-16(18-2)8-6-14/h5-8,13,15,17H,3-4,9-12H2,1-2H3. The highest BCUT2D eigenvalue weighted by Crippen LogP contribution is 2.29. The first-order valence-electron chi connectivity index (χ1n) is 7.11. The highest BCUT2D eigenvalue weighted by atomic mass is 16.5. The van der Waals surface area contributed by atoms with Gasteiger partial charge < -0.3 is 10.1 Å². The van der Waals surface area contributed by atoms with Crippen molar-refractivity contribution < 1.29 is 4.74 Å². The number of nitrogens with one attached hydrogen (secondary N) is 1. The molecule has 1 aromatic carbocycles. The minimum atomic E-state index is 0.913. The van der Waals surface area contributed by atoms with E-state index in [1.165, 1.54) is 31.4 Å². The second-order valence-electron chi connectivity index (χ2n) is 5.59. The fourth-order valence-corrected chi connectivity index (χ4v) is 2.84. The van der Waals surface area contributed by atoms with E-state index in [1.807, 2.05) is 12.1 Å². The number of rotatable bonds is 6. The lowest BCUT2D eigenvalue weighted by atomic mass is 10.1. The molecule has 1 saturated carbocycles. The average molecular weight is 247 g/mol. The summed E-state index contributed by atoms with van der Waals surface area (Å²) in [6, 6.07) is 8.37. The van der Waals surface area contributed by atoms with E-state index in [0.29, 0.717) is 0 Å². The molecule has 0 bridgehead atoms. The summed E-state index contributed by atoms with van der Waals surface area (Å²) in [5.74, 6) is 2.79. The minimum absolute atomic E-state index is 0.913. The average Bonchev–Trinajstić information content (AvgIpc) is 2.81. The number of benzene rings is 1. The zero-order chi connectivity index (χ0) is 12.8. The van der Waals surface area contributed by atoms with Gasteiger partial charge in [0, 0.05) is 0 Å². The third-order valence-corrected chi connectivity index (χ3v) is 3.99. The van der Waals surface area contributed by atoms with Crippen molar-refractivity contribution in [3.05, 3.63) is 29.8 Å². The summed E-state index contributed by atoms with van der Waals surface area (Å²) >= 11 is 0. The molecular formula is C16H25NO. The fraction of sp³-hybridized carbons (Fsp3) is 0.625. The Kier molecular flexibility index (Phi) is 5.06. The van der Waals surface area contributed by atoms with Crippen molar-refractivity contribution in [2.24, 2.45) is 11.8 Å². The summed E-state index contributed by atoms with van der Waals surface area (Å²) in [5, 5.41) is 3.59. The van der Waals surface area contributed by atoms with Crippen LogP contribution in [0.4, 0.5) is 0 Å². The zero-order valence-corrected chi connectivity index (χ0v) is 11.6. The third kappa shape index (κ3) is 4.02. The van der Waals surface area contributed by atoms with Gasteiger partial charge in [0.25, 0.3) is 0 Å². The van der Waals surface area contributed by atoms with Crippen LogP contribution in [0.25, 0.3) is 0 Å². The quantitative estimate of drug-likeness (QED) is 0.779. The zero-order valence-electron chi connectivity index (χ0n) is 11.6. The van der Waals surface area contributed by atoms with Crippen LogP contribution in [0, 0.1) is 11.8 Å². The Morgan fingerprint density at radius 2 is 2.00 bits per heavy atom. The Bertz CT molecular complexity index is 347. The van der Waals surface area contributed by atoms with Crippen molar-refractivity contribution in [3.63, 3.8) is 0 Å². The molecule has 0 amide bonds. The molecule has 2 rings (SSSR count). The summed E-state index contributed by atoms with van der Waals surface area (Å²) in [6.07, 6.45) is 5.35. The Morgan fingerprint density at radius 3 is 2.61 bits per heavy atom. The second-order valence-corrected chi connectivity index (χ2v) is 5.59. The van der Waals surface area contributed by atoms with E-state index in [0.717, 1.165) is 30.6 Å². The molecule has 1 aliphatic rings. The lowest BCUT2D eigenvalue weighted by Gasteiger charge is -2.11. The van der Waals surface area contributed by atoms with Crippen LogP contribution in [0.3, 0.4) is 0 Å². The molecule has 0 aromatic heterocycles. The molecule has 100 valence electrons. The van der Waals surface area contributed by atoms with Crippen LogP contribution in [0.2, 0.25) is 0 Å². The summed E-state index contributed by atoms with van der Waals surface area (Å²) in [4.78, 5) is 0. The number of hydrogen-bond acceptors (Lipinski definition) is 2. The minimum Gasteiger partial charge on any atom is -0.497 e. The normalized spacial score (nSPS) is 23.2. The predicted octanol–water partition coefficient (Wildman–Crippen LogP) is 3.26. The van der Waals surface area contributed by atoms with E-state index in [9.17, 15) is 0 Å². The Balaban J connectivity index is 1.62. The molecule has 0 radical (unpaired) electrons. The smallest absolute Gasteiger partial charge is 0.118 e. The van der Waals surface area contributed by atoms with Gasteiger partial charge in [0.05, 0.1) is 7.11 Å². The second kappa shape index (κ2) is 6.79. The Labute approximate surface area is 111 Å². The fourth-order valence-electron chi connectivity index (χ4n) is 2.84. The maximum atomic E-state index is 5.16. The van der Waals surface area contributed by atoms with Crippen LogP contribution in [0.1, 0.15) is 31.7 Å². The third-order valence-electron chi connectivity index (χ3n) is 3.99. The maximum Gasteiger partial charge on any atom is 0.118 e. The van der Waals surface area contributed by atoms with Crippen LogP contribution >= 0.6 is 0 Å². The Hall–Kier alpha value is -1.02. The van der Waals surface area contributed by atoms with Crippen LogP contribution in [-0.2, 0) is 6.42 Å². The first kappa shape index (κ1) is 13.4. The molecule has 1 aliphatic carbocycles. The van der Waals surface area contributed by atoms with Crippen LogP contribution < -0.4 is 10.1 Å². The van der Waals surface area contributed by atoms with Gasteiger partial charge in [-0.2, -0.15) is 0 Å². The largest absolute Gasteiger partial charge is 0.497 e. The van der Waals surface area contributed by atoms with Crippen LogP contribution in [0.5, 0.6) is 5.75 Å². The van der Waals surface area contributed by atoms with Crippen molar-refractivity contribution in [3.8, 4) is 5.75 Å². The van der Waals surface area contributed by atoms with E-state index < -0.39 is 0 Å². The van der Waals surface area contributed by atoms with Gasteiger partial charge in [-0.25, -0.2) is 0 Å². The molecule has 0 spiro atoms. The van der Waals surface area contributed by atoms with Crippen molar-refractivity contribution in [2.75, 3.05) is 20.2 Å². The molecule has 2 atom stereocenters.